The zero-order chi connectivity index (χ0) is 12.2. The molecule has 3 aliphatic rings. The zero-order valence-electron chi connectivity index (χ0n) is 10.5. The lowest BCUT2D eigenvalue weighted by atomic mass is 9.80. The quantitative estimate of drug-likeness (QED) is 0.790. The highest BCUT2D eigenvalue weighted by Gasteiger charge is 2.45. The number of piperidine rings is 1. The van der Waals surface area contributed by atoms with Gasteiger partial charge in [-0.05, 0) is 48.8 Å². The van der Waals surface area contributed by atoms with Crippen LogP contribution in [0.5, 0.6) is 0 Å². The van der Waals surface area contributed by atoms with Crippen LogP contribution in [0.1, 0.15) is 36.8 Å². The lowest BCUT2D eigenvalue weighted by Gasteiger charge is -2.38. The van der Waals surface area contributed by atoms with Crippen molar-refractivity contribution in [2.45, 2.75) is 49.8 Å². The van der Waals surface area contributed by atoms with Gasteiger partial charge in [-0.1, -0.05) is 30.3 Å². The molecule has 0 radical (unpaired) electrons. The van der Waals surface area contributed by atoms with Gasteiger partial charge in [0.25, 0.3) is 0 Å². The molecule has 1 aromatic carbocycles. The Morgan fingerprint density at radius 1 is 1.11 bits per heavy atom. The van der Waals surface area contributed by atoms with Crippen LogP contribution in [-0.2, 0) is 6.42 Å². The minimum absolute atomic E-state index is 0.526. The Bertz CT molecular complexity index is 508. The number of hydrogen-bond acceptors (Lipinski definition) is 2. The van der Waals surface area contributed by atoms with Gasteiger partial charge in [0.2, 0.25) is 0 Å². The molecule has 94 valence electrons. The summed E-state index contributed by atoms with van der Waals surface area (Å²) in [7, 11) is 0. The summed E-state index contributed by atoms with van der Waals surface area (Å²) in [6.07, 6.45) is 7.40. The van der Waals surface area contributed by atoms with Crippen molar-refractivity contribution >= 4 is 6.08 Å². The molecule has 2 saturated heterocycles. The molecule has 2 heteroatoms. The van der Waals surface area contributed by atoms with Gasteiger partial charge in [-0.3, -0.25) is 0 Å². The smallest absolute Gasteiger partial charge is 0.0892 e. The van der Waals surface area contributed by atoms with E-state index in [4.69, 9.17) is 0 Å². The highest BCUT2D eigenvalue weighted by molar-refractivity contribution is 5.65. The Morgan fingerprint density at radius 2 is 1.83 bits per heavy atom. The molecule has 0 saturated carbocycles. The first-order valence-electron chi connectivity index (χ1n) is 7.00. The third-order valence-corrected chi connectivity index (χ3v) is 4.87. The molecule has 2 fully saturated rings. The van der Waals surface area contributed by atoms with Crippen LogP contribution in [0.2, 0.25) is 0 Å². The van der Waals surface area contributed by atoms with Crippen LogP contribution in [0.15, 0.2) is 29.8 Å². The Kier molecular flexibility index (Phi) is 2.21. The lowest BCUT2D eigenvalue weighted by Crippen LogP contribution is -2.49. The molecule has 0 aromatic heterocycles. The van der Waals surface area contributed by atoms with E-state index in [1.807, 2.05) is 0 Å². The molecule has 2 bridgehead atoms. The summed E-state index contributed by atoms with van der Waals surface area (Å²) in [5, 5.41) is 14.6. The van der Waals surface area contributed by atoms with Crippen LogP contribution < -0.4 is 5.32 Å². The zero-order valence-corrected chi connectivity index (χ0v) is 10.5. The molecular weight excluding hydrogens is 222 g/mol. The van der Waals surface area contributed by atoms with E-state index in [1.165, 1.54) is 29.5 Å². The Labute approximate surface area is 108 Å². The van der Waals surface area contributed by atoms with Gasteiger partial charge in [-0.2, -0.15) is 0 Å². The summed E-state index contributed by atoms with van der Waals surface area (Å²) in [4.78, 5) is 0. The Hall–Kier alpha value is -1.12. The maximum absolute atomic E-state index is 11.0. The summed E-state index contributed by atoms with van der Waals surface area (Å²) >= 11 is 0. The van der Waals surface area contributed by atoms with Crippen molar-refractivity contribution < 1.29 is 5.11 Å². The van der Waals surface area contributed by atoms with Crippen molar-refractivity contribution in [3.63, 3.8) is 0 Å². The fourth-order valence-corrected chi connectivity index (χ4v) is 3.96. The topological polar surface area (TPSA) is 32.3 Å². The van der Waals surface area contributed by atoms with Gasteiger partial charge in [0.15, 0.2) is 0 Å². The summed E-state index contributed by atoms with van der Waals surface area (Å²) in [5.74, 6) is 0. The first kappa shape index (κ1) is 10.8. The van der Waals surface area contributed by atoms with Crippen molar-refractivity contribution in [3.8, 4) is 0 Å². The van der Waals surface area contributed by atoms with Crippen molar-refractivity contribution in [1.82, 2.24) is 5.32 Å². The number of aliphatic hydroxyl groups is 1. The second kappa shape index (κ2) is 3.69. The van der Waals surface area contributed by atoms with E-state index < -0.39 is 5.60 Å². The summed E-state index contributed by atoms with van der Waals surface area (Å²) in [6, 6.07) is 9.55. The third-order valence-electron chi connectivity index (χ3n) is 4.87. The second-order valence-electron chi connectivity index (χ2n) is 6.12. The fraction of sp³-hybridized carbons (Fsp3) is 0.500. The monoisotopic (exact) mass is 241 g/mol. The minimum atomic E-state index is -0.559. The largest absolute Gasteiger partial charge is 0.385 e. The van der Waals surface area contributed by atoms with E-state index in [0.717, 1.165) is 19.3 Å². The van der Waals surface area contributed by atoms with Crippen molar-refractivity contribution in [3.05, 3.63) is 41.0 Å². The van der Waals surface area contributed by atoms with Crippen molar-refractivity contribution in [1.29, 1.82) is 0 Å². The highest BCUT2D eigenvalue weighted by Crippen LogP contribution is 2.42. The first-order valence-corrected chi connectivity index (χ1v) is 7.00. The maximum atomic E-state index is 11.0. The molecule has 0 amide bonds. The average molecular weight is 241 g/mol. The van der Waals surface area contributed by atoms with E-state index in [1.54, 1.807) is 0 Å². The number of fused-ring (bicyclic) bond motifs is 3. The second-order valence-corrected chi connectivity index (χ2v) is 6.12. The van der Waals surface area contributed by atoms with Gasteiger partial charge < -0.3 is 10.4 Å². The summed E-state index contributed by atoms with van der Waals surface area (Å²) in [6.45, 7) is 0. The average Bonchev–Trinajstić information content (AvgIpc) is 2.93. The molecule has 2 nitrogen and oxygen atoms in total. The van der Waals surface area contributed by atoms with Crippen LogP contribution in [0, 0.1) is 0 Å². The van der Waals surface area contributed by atoms with Gasteiger partial charge in [0, 0.05) is 12.1 Å². The fourth-order valence-electron chi connectivity index (χ4n) is 3.96. The highest BCUT2D eigenvalue weighted by atomic mass is 16.3. The number of nitrogens with one attached hydrogen (secondary N) is 1. The molecular formula is C16H19NO. The predicted octanol–water partition coefficient (Wildman–Crippen LogP) is 2.27. The first-order chi connectivity index (χ1) is 8.73. The molecule has 0 spiro atoms. The van der Waals surface area contributed by atoms with Crippen LogP contribution >= 0.6 is 0 Å². The van der Waals surface area contributed by atoms with Gasteiger partial charge >= 0.3 is 0 Å². The van der Waals surface area contributed by atoms with Crippen LogP contribution in [0.4, 0.5) is 0 Å². The van der Waals surface area contributed by atoms with E-state index >= 15 is 0 Å². The number of benzene rings is 1. The normalized spacial score (nSPS) is 37.5. The van der Waals surface area contributed by atoms with Gasteiger partial charge in [-0.25, -0.2) is 0 Å². The third kappa shape index (κ3) is 1.56. The van der Waals surface area contributed by atoms with E-state index in [2.05, 4.69) is 35.7 Å². The minimum Gasteiger partial charge on any atom is -0.385 e. The van der Waals surface area contributed by atoms with E-state index in [0.29, 0.717) is 12.1 Å². The number of rotatable bonds is 1. The molecule has 1 aromatic rings. The maximum Gasteiger partial charge on any atom is 0.0892 e. The Morgan fingerprint density at radius 3 is 2.56 bits per heavy atom. The summed E-state index contributed by atoms with van der Waals surface area (Å²) in [5.41, 5.74) is 3.34. The molecule has 4 rings (SSSR count). The van der Waals surface area contributed by atoms with Gasteiger partial charge in [0.05, 0.1) is 5.60 Å². The molecule has 2 heterocycles. The van der Waals surface area contributed by atoms with Gasteiger partial charge in [-0.15, -0.1) is 0 Å². The molecule has 2 aliphatic heterocycles. The molecule has 2 atom stereocenters. The standard InChI is InChI=1S/C16H19NO/c18-16(9-14-5-6-15(10-16)17-14)13-7-11-3-1-2-4-12(11)8-13/h1-4,7,14-15,17-18H,5-6,8-10H2. The van der Waals surface area contributed by atoms with Crippen LogP contribution in [-0.4, -0.2) is 22.8 Å². The summed E-state index contributed by atoms with van der Waals surface area (Å²) < 4.78 is 0. The van der Waals surface area contributed by atoms with E-state index in [9.17, 15) is 5.11 Å². The SMILES string of the molecule is OC1(C2=Cc3ccccc3C2)CC2CCC(C1)N2. The van der Waals surface area contributed by atoms with Crippen molar-refractivity contribution in [2.75, 3.05) is 0 Å². The molecule has 1 aliphatic carbocycles. The number of hydrogen-bond donors (Lipinski definition) is 2. The van der Waals surface area contributed by atoms with Gasteiger partial charge in [0.1, 0.15) is 0 Å². The van der Waals surface area contributed by atoms with Crippen LogP contribution in [0.25, 0.3) is 6.08 Å². The van der Waals surface area contributed by atoms with Crippen LogP contribution in [0.3, 0.4) is 0 Å². The van der Waals surface area contributed by atoms with E-state index in [-0.39, 0.29) is 0 Å². The Balaban J connectivity index is 1.65. The predicted molar refractivity (Wildman–Crippen MR) is 72.3 cm³/mol. The molecule has 18 heavy (non-hydrogen) atoms. The van der Waals surface area contributed by atoms with Crippen molar-refractivity contribution in [2.24, 2.45) is 0 Å². The molecule has 2 unspecified atom stereocenters. The lowest BCUT2D eigenvalue weighted by molar-refractivity contribution is 0.0270. The molecule has 2 N–H and O–H groups in total.